The molecule has 0 fully saturated rings. The number of thiophene rings is 1. The van der Waals surface area contributed by atoms with Gasteiger partial charge < -0.3 is 9.90 Å². The summed E-state index contributed by atoms with van der Waals surface area (Å²) in [4.78, 5) is 10.6. The lowest BCUT2D eigenvalue weighted by molar-refractivity contribution is -0.255. The minimum absolute atomic E-state index is 0.244. The molecular formula is C10H7O2S-. The number of carboxylic acid groups (broad SMARTS) is 1. The fourth-order valence-corrected chi connectivity index (χ4v) is 2.21. The van der Waals surface area contributed by atoms with Crippen molar-refractivity contribution in [3.05, 3.63) is 34.7 Å². The highest BCUT2D eigenvalue weighted by molar-refractivity contribution is 7.17. The molecule has 1 aromatic carbocycles. The SMILES string of the molecule is Cc1csc2ccc(C(=O)[O-])cc12. The third-order valence-electron chi connectivity index (χ3n) is 2.00. The Labute approximate surface area is 79.4 Å². The molecule has 13 heavy (non-hydrogen) atoms. The summed E-state index contributed by atoms with van der Waals surface area (Å²) in [6.45, 7) is 1.97. The topological polar surface area (TPSA) is 40.1 Å². The van der Waals surface area contributed by atoms with Crippen LogP contribution in [0.3, 0.4) is 0 Å². The zero-order valence-corrected chi connectivity index (χ0v) is 7.85. The van der Waals surface area contributed by atoms with Crippen molar-refractivity contribution >= 4 is 27.4 Å². The molecule has 0 bridgehead atoms. The molecule has 1 heterocycles. The monoisotopic (exact) mass is 191 g/mol. The molecule has 0 saturated carbocycles. The van der Waals surface area contributed by atoms with Crippen molar-refractivity contribution in [2.75, 3.05) is 0 Å². The maximum atomic E-state index is 10.6. The van der Waals surface area contributed by atoms with Crippen LogP contribution in [0.2, 0.25) is 0 Å². The summed E-state index contributed by atoms with van der Waals surface area (Å²) in [6.07, 6.45) is 0. The molecule has 0 aliphatic heterocycles. The lowest BCUT2D eigenvalue weighted by Crippen LogP contribution is -2.21. The van der Waals surface area contributed by atoms with Gasteiger partial charge in [0.05, 0.1) is 5.97 Å². The van der Waals surface area contributed by atoms with Crippen LogP contribution in [0.1, 0.15) is 15.9 Å². The first-order valence-corrected chi connectivity index (χ1v) is 4.75. The van der Waals surface area contributed by atoms with Gasteiger partial charge >= 0.3 is 0 Å². The van der Waals surface area contributed by atoms with Crippen LogP contribution in [0.5, 0.6) is 0 Å². The standard InChI is InChI=1S/C10H8O2S/c1-6-5-13-9-3-2-7(10(11)12)4-8(6)9/h2-5H,1H3,(H,11,12)/p-1. The second-order valence-electron chi connectivity index (χ2n) is 2.92. The van der Waals surface area contributed by atoms with Crippen LogP contribution in [0, 0.1) is 6.92 Å². The Balaban J connectivity index is 2.72. The zero-order chi connectivity index (χ0) is 9.42. The average Bonchev–Trinajstić information content (AvgIpc) is 2.47. The Hall–Kier alpha value is -1.35. The molecular weight excluding hydrogens is 184 g/mol. The summed E-state index contributed by atoms with van der Waals surface area (Å²) in [7, 11) is 0. The molecule has 0 amide bonds. The quantitative estimate of drug-likeness (QED) is 0.686. The first kappa shape index (κ1) is 8.26. The highest BCUT2D eigenvalue weighted by Gasteiger charge is 2.01. The number of carboxylic acids is 1. The van der Waals surface area contributed by atoms with Crippen molar-refractivity contribution in [2.45, 2.75) is 6.92 Å². The van der Waals surface area contributed by atoms with Gasteiger partial charge in [0.25, 0.3) is 0 Å². The summed E-state index contributed by atoms with van der Waals surface area (Å²) in [5, 5.41) is 13.6. The van der Waals surface area contributed by atoms with Crippen molar-refractivity contribution in [3.63, 3.8) is 0 Å². The fraction of sp³-hybridized carbons (Fsp3) is 0.100. The van der Waals surface area contributed by atoms with Gasteiger partial charge in [0.2, 0.25) is 0 Å². The van der Waals surface area contributed by atoms with E-state index in [1.54, 1.807) is 23.5 Å². The molecule has 0 radical (unpaired) electrons. The van der Waals surface area contributed by atoms with Crippen LogP contribution < -0.4 is 5.11 Å². The maximum Gasteiger partial charge on any atom is 0.0715 e. The molecule has 0 aliphatic rings. The number of aromatic carboxylic acids is 1. The molecule has 3 heteroatoms. The molecule has 0 spiro atoms. The van der Waals surface area contributed by atoms with Crippen LogP contribution in [-0.2, 0) is 0 Å². The van der Waals surface area contributed by atoms with E-state index in [9.17, 15) is 9.90 Å². The van der Waals surface area contributed by atoms with Gasteiger partial charge in [-0.2, -0.15) is 0 Å². The average molecular weight is 191 g/mol. The van der Waals surface area contributed by atoms with E-state index in [0.29, 0.717) is 0 Å². The van der Waals surface area contributed by atoms with Gasteiger partial charge in [0, 0.05) is 4.70 Å². The second-order valence-corrected chi connectivity index (χ2v) is 3.83. The van der Waals surface area contributed by atoms with Crippen molar-refractivity contribution in [3.8, 4) is 0 Å². The number of carbonyl (C=O) groups is 1. The third-order valence-corrected chi connectivity index (χ3v) is 3.08. The van der Waals surface area contributed by atoms with Crippen LogP contribution in [0.15, 0.2) is 23.6 Å². The van der Waals surface area contributed by atoms with E-state index in [1.165, 1.54) is 0 Å². The largest absolute Gasteiger partial charge is 0.545 e. The smallest absolute Gasteiger partial charge is 0.0715 e. The summed E-state index contributed by atoms with van der Waals surface area (Å²) in [5.74, 6) is -1.12. The van der Waals surface area contributed by atoms with Crippen molar-refractivity contribution in [1.29, 1.82) is 0 Å². The van der Waals surface area contributed by atoms with Crippen molar-refractivity contribution in [1.82, 2.24) is 0 Å². The first-order valence-electron chi connectivity index (χ1n) is 3.87. The number of benzene rings is 1. The fourth-order valence-electron chi connectivity index (χ4n) is 1.28. The highest BCUT2D eigenvalue weighted by Crippen LogP contribution is 2.25. The van der Waals surface area contributed by atoms with Crippen LogP contribution in [0.4, 0.5) is 0 Å². The van der Waals surface area contributed by atoms with Gasteiger partial charge in [-0.3, -0.25) is 0 Å². The van der Waals surface area contributed by atoms with Crippen molar-refractivity contribution in [2.24, 2.45) is 0 Å². The van der Waals surface area contributed by atoms with E-state index < -0.39 is 5.97 Å². The lowest BCUT2D eigenvalue weighted by atomic mass is 10.1. The minimum atomic E-state index is -1.12. The third kappa shape index (κ3) is 1.31. The molecule has 0 unspecified atom stereocenters. The summed E-state index contributed by atoms with van der Waals surface area (Å²) in [5.41, 5.74) is 1.36. The predicted octanol–water partition coefficient (Wildman–Crippen LogP) is 1.57. The number of fused-ring (bicyclic) bond motifs is 1. The first-order chi connectivity index (χ1) is 6.18. The number of carbonyl (C=O) groups excluding carboxylic acids is 1. The molecule has 2 aromatic rings. The summed E-state index contributed by atoms with van der Waals surface area (Å²) < 4.78 is 1.11. The van der Waals surface area contributed by atoms with Gasteiger partial charge in [-0.1, -0.05) is 6.07 Å². The zero-order valence-electron chi connectivity index (χ0n) is 7.03. The highest BCUT2D eigenvalue weighted by atomic mass is 32.1. The Bertz CT molecular complexity index is 471. The number of hydrogen-bond donors (Lipinski definition) is 0. The lowest BCUT2D eigenvalue weighted by Gasteiger charge is -2.01. The summed E-state index contributed by atoms with van der Waals surface area (Å²) in [6, 6.07) is 5.06. The number of hydrogen-bond acceptors (Lipinski definition) is 3. The van der Waals surface area contributed by atoms with Crippen LogP contribution in [0.25, 0.3) is 10.1 Å². The Kier molecular flexibility index (Phi) is 1.81. The number of aryl methyl sites for hydroxylation is 1. The van der Waals surface area contributed by atoms with Crippen LogP contribution >= 0.6 is 11.3 Å². The van der Waals surface area contributed by atoms with E-state index >= 15 is 0 Å². The van der Waals surface area contributed by atoms with E-state index in [0.717, 1.165) is 15.6 Å². The van der Waals surface area contributed by atoms with Gasteiger partial charge in [0.15, 0.2) is 0 Å². The Morgan fingerprint density at radius 2 is 2.23 bits per heavy atom. The van der Waals surface area contributed by atoms with Gasteiger partial charge in [-0.15, -0.1) is 11.3 Å². The normalized spacial score (nSPS) is 10.5. The number of rotatable bonds is 1. The Morgan fingerprint density at radius 1 is 1.46 bits per heavy atom. The van der Waals surface area contributed by atoms with Crippen LogP contribution in [-0.4, -0.2) is 5.97 Å². The van der Waals surface area contributed by atoms with E-state index in [1.807, 2.05) is 18.4 Å². The Morgan fingerprint density at radius 3 is 2.92 bits per heavy atom. The molecule has 66 valence electrons. The van der Waals surface area contributed by atoms with E-state index in [4.69, 9.17) is 0 Å². The molecule has 0 saturated heterocycles. The van der Waals surface area contributed by atoms with Gasteiger partial charge in [-0.05, 0) is 40.9 Å². The summed E-state index contributed by atoms with van der Waals surface area (Å²) >= 11 is 1.62. The molecule has 2 rings (SSSR count). The maximum absolute atomic E-state index is 10.6. The van der Waals surface area contributed by atoms with E-state index in [-0.39, 0.29) is 5.56 Å². The molecule has 2 nitrogen and oxygen atoms in total. The van der Waals surface area contributed by atoms with Crippen molar-refractivity contribution < 1.29 is 9.90 Å². The molecule has 0 N–H and O–H groups in total. The van der Waals surface area contributed by atoms with E-state index in [2.05, 4.69) is 0 Å². The molecule has 1 aromatic heterocycles. The van der Waals surface area contributed by atoms with Gasteiger partial charge in [0.1, 0.15) is 0 Å². The van der Waals surface area contributed by atoms with Gasteiger partial charge in [-0.25, -0.2) is 0 Å². The predicted molar refractivity (Wildman–Crippen MR) is 50.9 cm³/mol. The molecule has 0 atom stereocenters. The molecule has 0 aliphatic carbocycles. The minimum Gasteiger partial charge on any atom is -0.545 e. The second kappa shape index (κ2) is 2.85.